The molecule has 36 heavy (non-hydrogen) atoms. The Hall–Kier alpha value is -3.21. The van der Waals surface area contributed by atoms with E-state index in [0.717, 1.165) is 53.6 Å². The van der Waals surface area contributed by atoms with Crippen molar-refractivity contribution in [3.05, 3.63) is 112 Å². The maximum absolute atomic E-state index is 15.2. The zero-order valence-electron chi connectivity index (χ0n) is 20.5. The fourth-order valence-electron chi connectivity index (χ4n) is 4.48. The number of alkyl halides is 3. The van der Waals surface area contributed by atoms with E-state index in [1.165, 1.54) is 37.0 Å². The maximum atomic E-state index is 15.2. The van der Waals surface area contributed by atoms with E-state index in [9.17, 15) is 13.2 Å². The molecule has 0 unspecified atom stereocenters. The highest BCUT2D eigenvalue weighted by molar-refractivity contribution is 5.84. The lowest BCUT2D eigenvalue weighted by atomic mass is 9.97. The zero-order chi connectivity index (χ0) is 25.5. The number of pyridine rings is 1. The van der Waals surface area contributed by atoms with Crippen molar-refractivity contribution in [2.24, 2.45) is 0 Å². The molecule has 0 saturated heterocycles. The molecule has 0 bridgehead atoms. The first-order valence-corrected chi connectivity index (χ1v) is 12.6. The highest BCUT2D eigenvalue weighted by Gasteiger charge is 2.29. The molecule has 0 spiro atoms. The molecule has 0 fully saturated rings. The number of hydrogen-bond acceptors (Lipinski definition) is 1. The van der Waals surface area contributed by atoms with Crippen LogP contribution in [0.1, 0.15) is 59.7 Å². The molecule has 0 aliphatic carbocycles. The van der Waals surface area contributed by atoms with Gasteiger partial charge in [0.2, 0.25) is 0 Å². The highest BCUT2D eigenvalue weighted by Crippen LogP contribution is 2.29. The van der Waals surface area contributed by atoms with E-state index in [4.69, 9.17) is 0 Å². The number of halogens is 4. The van der Waals surface area contributed by atoms with Gasteiger partial charge in [-0.25, -0.2) is 4.39 Å². The van der Waals surface area contributed by atoms with Crippen LogP contribution in [0.4, 0.5) is 17.6 Å². The summed E-state index contributed by atoms with van der Waals surface area (Å²) in [4.78, 5) is 4.61. The first-order valence-electron chi connectivity index (χ1n) is 12.6. The number of aryl methyl sites for hydroxylation is 5. The van der Waals surface area contributed by atoms with Crippen molar-refractivity contribution >= 4 is 10.8 Å². The largest absolute Gasteiger partial charge is 0.416 e. The van der Waals surface area contributed by atoms with Gasteiger partial charge in [0.15, 0.2) is 0 Å². The summed E-state index contributed by atoms with van der Waals surface area (Å²) < 4.78 is 53.4. The zero-order valence-corrected chi connectivity index (χ0v) is 20.5. The Labute approximate surface area is 210 Å². The predicted octanol–water partition coefficient (Wildman–Crippen LogP) is 8.70. The normalized spacial score (nSPS) is 11.8. The van der Waals surface area contributed by atoms with E-state index in [1.54, 1.807) is 6.07 Å². The number of benzene rings is 3. The van der Waals surface area contributed by atoms with Crippen molar-refractivity contribution in [1.29, 1.82) is 0 Å². The first kappa shape index (κ1) is 25.9. The molecule has 5 heteroatoms. The quantitative estimate of drug-likeness (QED) is 0.159. The van der Waals surface area contributed by atoms with Crippen molar-refractivity contribution < 1.29 is 17.6 Å². The Morgan fingerprint density at radius 3 is 2.11 bits per heavy atom. The number of unbranched alkanes of at least 4 members (excludes halogenated alkanes) is 2. The van der Waals surface area contributed by atoms with Crippen LogP contribution in [0.25, 0.3) is 10.8 Å². The van der Waals surface area contributed by atoms with Crippen molar-refractivity contribution in [1.82, 2.24) is 4.98 Å². The fraction of sp³-hybridized carbons (Fsp3) is 0.323. The van der Waals surface area contributed by atoms with Crippen LogP contribution in [0.3, 0.4) is 0 Å². The van der Waals surface area contributed by atoms with Gasteiger partial charge >= 0.3 is 6.18 Å². The maximum Gasteiger partial charge on any atom is 0.416 e. The minimum absolute atomic E-state index is 0.258. The second-order valence-corrected chi connectivity index (χ2v) is 9.40. The lowest BCUT2D eigenvalue weighted by Crippen LogP contribution is -2.04. The minimum atomic E-state index is -4.35. The minimum Gasteiger partial charge on any atom is -0.261 e. The van der Waals surface area contributed by atoms with Crippen LogP contribution in [0.5, 0.6) is 0 Å². The van der Waals surface area contributed by atoms with E-state index >= 15 is 4.39 Å². The summed E-state index contributed by atoms with van der Waals surface area (Å²) in [6, 6.07) is 18.9. The van der Waals surface area contributed by atoms with Gasteiger partial charge in [0.25, 0.3) is 0 Å². The predicted molar refractivity (Wildman–Crippen MR) is 138 cm³/mol. The second kappa shape index (κ2) is 11.7. The molecule has 3 aromatic carbocycles. The molecule has 188 valence electrons. The molecule has 4 rings (SSSR count). The lowest BCUT2D eigenvalue weighted by Gasteiger charge is -2.10. The van der Waals surface area contributed by atoms with E-state index in [1.807, 2.05) is 30.5 Å². The number of rotatable bonds is 10. The summed E-state index contributed by atoms with van der Waals surface area (Å²) >= 11 is 0. The third-order valence-electron chi connectivity index (χ3n) is 6.69. The monoisotopic (exact) mass is 493 g/mol. The van der Waals surface area contributed by atoms with E-state index < -0.39 is 11.7 Å². The van der Waals surface area contributed by atoms with Crippen molar-refractivity contribution in [2.75, 3.05) is 0 Å². The van der Waals surface area contributed by atoms with Crippen LogP contribution in [0.2, 0.25) is 0 Å². The van der Waals surface area contributed by atoms with Crippen molar-refractivity contribution in [3.8, 4) is 0 Å². The average molecular weight is 494 g/mol. The summed E-state index contributed by atoms with van der Waals surface area (Å²) in [5.41, 5.74) is 4.11. The molecule has 0 saturated carbocycles. The van der Waals surface area contributed by atoms with Crippen molar-refractivity contribution in [3.63, 3.8) is 0 Å². The summed E-state index contributed by atoms with van der Waals surface area (Å²) in [6.07, 6.45) is 4.91. The Bertz CT molecular complexity index is 1280. The number of aromatic nitrogens is 1. The van der Waals surface area contributed by atoms with Gasteiger partial charge in [-0.3, -0.25) is 4.98 Å². The van der Waals surface area contributed by atoms with Gasteiger partial charge in [0.1, 0.15) is 5.82 Å². The van der Waals surface area contributed by atoms with Gasteiger partial charge in [-0.1, -0.05) is 68.3 Å². The topological polar surface area (TPSA) is 12.9 Å². The van der Waals surface area contributed by atoms with Gasteiger partial charge in [0.05, 0.1) is 5.56 Å². The van der Waals surface area contributed by atoms with E-state index in [0.29, 0.717) is 23.8 Å². The van der Waals surface area contributed by atoms with Gasteiger partial charge < -0.3 is 0 Å². The molecular formula is C31H31F4N. The summed E-state index contributed by atoms with van der Waals surface area (Å²) in [5.74, 6) is -0.258. The van der Waals surface area contributed by atoms with Crippen molar-refractivity contribution in [2.45, 2.75) is 64.5 Å². The van der Waals surface area contributed by atoms with Gasteiger partial charge in [0, 0.05) is 17.3 Å². The molecular weight excluding hydrogens is 462 g/mol. The standard InChI is InChI=1S/C31H31F4N/c1-2-3-4-5-24-10-18-28(36-21-24)17-9-23-11-19-29-26(20-23)14-13-25(30(29)32)12-6-22-7-15-27(16-8-22)31(33,34)35/h7-8,10-11,13-16,18-21H,2-6,9,12,17H2,1H3. The summed E-state index contributed by atoms with van der Waals surface area (Å²) in [6.45, 7) is 2.20. The van der Waals surface area contributed by atoms with Crippen LogP contribution in [-0.4, -0.2) is 4.98 Å². The molecule has 1 heterocycles. The van der Waals surface area contributed by atoms with Crippen LogP contribution in [-0.2, 0) is 38.3 Å². The molecule has 1 nitrogen and oxygen atoms in total. The van der Waals surface area contributed by atoms with E-state index in [2.05, 4.69) is 24.0 Å². The van der Waals surface area contributed by atoms with Crippen LogP contribution < -0.4 is 0 Å². The molecule has 0 aliphatic rings. The smallest absolute Gasteiger partial charge is 0.261 e. The Morgan fingerprint density at radius 1 is 0.694 bits per heavy atom. The van der Waals surface area contributed by atoms with Gasteiger partial charge in [-0.2, -0.15) is 13.2 Å². The van der Waals surface area contributed by atoms with Crippen LogP contribution in [0.15, 0.2) is 72.9 Å². The highest BCUT2D eigenvalue weighted by atomic mass is 19.4. The van der Waals surface area contributed by atoms with Crippen LogP contribution in [0, 0.1) is 5.82 Å². The number of hydrogen-bond donors (Lipinski definition) is 0. The third-order valence-corrected chi connectivity index (χ3v) is 6.69. The molecule has 0 atom stereocenters. The fourth-order valence-corrected chi connectivity index (χ4v) is 4.48. The molecule has 4 aromatic rings. The van der Waals surface area contributed by atoms with E-state index in [-0.39, 0.29) is 5.82 Å². The molecule has 1 aromatic heterocycles. The summed E-state index contributed by atoms with van der Waals surface area (Å²) in [5, 5.41) is 1.42. The molecule has 0 aliphatic heterocycles. The third kappa shape index (κ3) is 6.71. The number of nitrogens with zero attached hydrogens (tertiary/aromatic N) is 1. The lowest BCUT2D eigenvalue weighted by molar-refractivity contribution is -0.137. The molecule has 0 N–H and O–H groups in total. The first-order chi connectivity index (χ1) is 17.3. The number of fused-ring (bicyclic) bond motifs is 1. The Morgan fingerprint density at radius 2 is 1.42 bits per heavy atom. The Balaban J connectivity index is 1.36. The van der Waals surface area contributed by atoms with Crippen LogP contribution >= 0.6 is 0 Å². The average Bonchev–Trinajstić information content (AvgIpc) is 2.88. The van der Waals surface area contributed by atoms with Gasteiger partial charge in [-0.15, -0.1) is 0 Å². The Kier molecular flexibility index (Phi) is 8.40. The second-order valence-electron chi connectivity index (χ2n) is 9.40. The van der Waals surface area contributed by atoms with Gasteiger partial charge in [-0.05, 0) is 84.4 Å². The molecule has 0 amide bonds. The SMILES string of the molecule is CCCCCc1ccc(CCc2ccc3c(F)c(CCc4ccc(C(F)(F)F)cc4)ccc3c2)nc1. The summed E-state index contributed by atoms with van der Waals surface area (Å²) in [7, 11) is 0. The molecule has 0 radical (unpaired) electrons.